The Balaban J connectivity index is 1.75. The lowest BCUT2D eigenvalue weighted by Crippen LogP contribution is -2.37. The Morgan fingerprint density at radius 3 is 2.46 bits per heavy atom. The van der Waals surface area contributed by atoms with E-state index < -0.39 is 0 Å². The third-order valence-electron chi connectivity index (χ3n) is 3.91. The van der Waals surface area contributed by atoms with Crippen LogP contribution in [0.15, 0.2) is 53.5 Å². The van der Waals surface area contributed by atoms with Crippen LogP contribution >= 0.6 is 11.6 Å². The Hall–Kier alpha value is -2.73. The normalized spacial score (nSPS) is 11.2. The number of amides is 2. The van der Waals surface area contributed by atoms with Gasteiger partial charge in [-0.25, -0.2) is 4.79 Å². The molecule has 150 valence electrons. The first-order valence-corrected chi connectivity index (χ1v) is 9.69. The summed E-state index contributed by atoms with van der Waals surface area (Å²) >= 11 is 6.01. The molecular weight excluding hydrogens is 374 g/mol. The monoisotopic (exact) mass is 401 g/mol. The van der Waals surface area contributed by atoms with Crippen LogP contribution in [0.3, 0.4) is 0 Å². The van der Waals surface area contributed by atoms with Crippen LogP contribution in [-0.2, 0) is 13.0 Å². The molecule has 0 aliphatic rings. The van der Waals surface area contributed by atoms with Gasteiger partial charge >= 0.3 is 6.03 Å². The quantitative estimate of drug-likeness (QED) is 0.421. The Morgan fingerprint density at radius 2 is 1.82 bits per heavy atom. The number of carbonyl (C=O) groups excluding carboxylic acids is 1. The molecule has 0 aliphatic carbocycles. The molecule has 2 rings (SSSR count). The van der Waals surface area contributed by atoms with Crippen LogP contribution in [0.25, 0.3) is 0 Å². The maximum atomic E-state index is 11.7. The van der Waals surface area contributed by atoms with E-state index in [-0.39, 0.29) is 12.1 Å². The Labute approximate surface area is 171 Å². The molecule has 6 nitrogen and oxygen atoms in total. The first-order chi connectivity index (χ1) is 13.5. The minimum Gasteiger partial charge on any atom is -0.356 e. The summed E-state index contributed by atoms with van der Waals surface area (Å²) in [6.45, 7) is 5.23. The largest absolute Gasteiger partial charge is 0.356 e. The number of halogens is 1. The summed E-state index contributed by atoms with van der Waals surface area (Å²) in [4.78, 5) is 16.0. The van der Waals surface area contributed by atoms with Crippen LogP contribution in [0.5, 0.6) is 0 Å². The van der Waals surface area contributed by atoms with Gasteiger partial charge < -0.3 is 21.3 Å². The maximum Gasteiger partial charge on any atom is 0.319 e. The van der Waals surface area contributed by atoms with Crippen molar-refractivity contribution in [3.8, 4) is 0 Å². The summed E-state index contributed by atoms with van der Waals surface area (Å²) in [6, 6.07) is 15.4. The summed E-state index contributed by atoms with van der Waals surface area (Å²) in [5.41, 5.74) is 3.03. The van der Waals surface area contributed by atoms with E-state index in [9.17, 15) is 4.79 Å². The van der Waals surface area contributed by atoms with E-state index in [4.69, 9.17) is 11.6 Å². The van der Waals surface area contributed by atoms with Crippen molar-refractivity contribution in [3.63, 3.8) is 0 Å². The molecule has 0 saturated carbocycles. The van der Waals surface area contributed by atoms with E-state index in [0.717, 1.165) is 35.2 Å². The van der Waals surface area contributed by atoms with Crippen LogP contribution in [0, 0.1) is 0 Å². The predicted molar refractivity (Wildman–Crippen MR) is 117 cm³/mol. The van der Waals surface area contributed by atoms with E-state index in [1.54, 1.807) is 7.05 Å². The molecule has 0 radical (unpaired) electrons. The van der Waals surface area contributed by atoms with Crippen LogP contribution < -0.4 is 21.3 Å². The van der Waals surface area contributed by atoms with Gasteiger partial charge in [0.25, 0.3) is 0 Å². The van der Waals surface area contributed by atoms with E-state index in [1.165, 1.54) is 5.56 Å². The molecule has 0 saturated heterocycles. The lowest BCUT2D eigenvalue weighted by atomic mass is 10.1. The molecule has 0 spiro atoms. The van der Waals surface area contributed by atoms with Crippen LogP contribution in [-0.4, -0.2) is 31.6 Å². The number of carbonyl (C=O) groups is 1. The molecule has 0 heterocycles. The summed E-state index contributed by atoms with van der Waals surface area (Å²) in [7, 11) is 1.75. The highest BCUT2D eigenvalue weighted by atomic mass is 35.5. The number of aliphatic imine (C=N–C) groups is 1. The van der Waals surface area contributed by atoms with Gasteiger partial charge in [-0.3, -0.25) is 4.99 Å². The number of nitrogens with zero attached hydrogens (tertiary/aromatic N) is 1. The van der Waals surface area contributed by atoms with E-state index in [2.05, 4.69) is 32.3 Å². The van der Waals surface area contributed by atoms with Crippen molar-refractivity contribution in [2.45, 2.75) is 32.9 Å². The fourth-order valence-corrected chi connectivity index (χ4v) is 2.77. The second kappa shape index (κ2) is 11.2. The van der Waals surface area contributed by atoms with Gasteiger partial charge in [0, 0.05) is 36.9 Å². The fourth-order valence-electron chi connectivity index (χ4n) is 2.56. The highest BCUT2D eigenvalue weighted by Gasteiger charge is 2.04. The molecule has 0 unspecified atom stereocenters. The first-order valence-electron chi connectivity index (χ1n) is 9.31. The van der Waals surface area contributed by atoms with Gasteiger partial charge in [-0.2, -0.15) is 0 Å². The molecule has 7 heteroatoms. The van der Waals surface area contributed by atoms with Crippen molar-refractivity contribution >= 4 is 29.3 Å². The van der Waals surface area contributed by atoms with Crippen molar-refractivity contribution in [2.24, 2.45) is 4.99 Å². The Kier molecular flexibility index (Phi) is 8.62. The average molecular weight is 402 g/mol. The molecule has 28 heavy (non-hydrogen) atoms. The molecule has 2 aromatic carbocycles. The predicted octanol–water partition coefficient (Wildman–Crippen LogP) is 3.78. The van der Waals surface area contributed by atoms with Crippen LogP contribution in [0.2, 0.25) is 5.02 Å². The zero-order valence-electron chi connectivity index (χ0n) is 16.6. The first kappa shape index (κ1) is 21.6. The van der Waals surface area contributed by atoms with Crippen molar-refractivity contribution in [2.75, 3.05) is 18.9 Å². The second-order valence-corrected chi connectivity index (χ2v) is 7.12. The topological polar surface area (TPSA) is 77.6 Å². The van der Waals surface area contributed by atoms with Gasteiger partial charge in [-0.1, -0.05) is 35.9 Å². The summed E-state index contributed by atoms with van der Waals surface area (Å²) < 4.78 is 0. The van der Waals surface area contributed by atoms with Crippen molar-refractivity contribution in [3.05, 3.63) is 64.7 Å². The lowest BCUT2D eigenvalue weighted by molar-refractivity contribution is 0.250. The smallest absolute Gasteiger partial charge is 0.319 e. The molecule has 0 bridgehead atoms. The molecule has 4 N–H and O–H groups in total. The summed E-state index contributed by atoms with van der Waals surface area (Å²) in [5.74, 6) is 0.737. The molecule has 0 fully saturated rings. The Morgan fingerprint density at radius 1 is 1.07 bits per heavy atom. The van der Waals surface area contributed by atoms with Gasteiger partial charge in [0.15, 0.2) is 5.96 Å². The molecule has 0 aromatic heterocycles. The minimum absolute atomic E-state index is 0.0987. The fraction of sp³-hybridized carbons (Fsp3) is 0.333. The zero-order chi connectivity index (χ0) is 20.4. The number of benzene rings is 2. The molecular formula is C21H28ClN5O. The van der Waals surface area contributed by atoms with Gasteiger partial charge in [0.2, 0.25) is 0 Å². The highest BCUT2D eigenvalue weighted by Crippen LogP contribution is 2.11. The second-order valence-electron chi connectivity index (χ2n) is 6.68. The minimum atomic E-state index is -0.204. The SMILES string of the molecule is CN=C(NCCc1cccc(Cl)c1)NCc1ccc(NC(=O)NC(C)C)cc1. The number of hydrogen-bond donors (Lipinski definition) is 4. The van der Waals surface area contributed by atoms with E-state index >= 15 is 0 Å². The zero-order valence-corrected chi connectivity index (χ0v) is 17.3. The molecule has 2 amide bonds. The number of nitrogens with one attached hydrogen (secondary N) is 4. The number of anilines is 1. The lowest BCUT2D eigenvalue weighted by Gasteiger charge is -2.13. The number of guanidine groups is 1. The molecule has 0 atom stereocenters. The van der Waals surface area contributed by atoms with Crippen molar-refractivity contribution in [1.29, 1.82) is 0 Å². The van der Waals surface area contributed by atoms with Crippen LogP contribution in [0.1, 0.15) is 25.0 Å². The number of hydrogen-bond acceptors (Lipinski definition) is 2. The third-order valence-corrected chi connectivity index (χ3v) is 4.15. The molecule has 2 aromatic rings. The molecule has 0 aliphatic heterocycles. The van der Waals surface area contributed by atoms with E-state index in [1.807, 2.05) is 56.3 Å². The third kappa shape index (κ3) is 7.88. The maximum absolute atomic E-state index is 11.7. The van der Waals surface area contributed by atoms with Crippen molar-refractivity contribution < 1.29 is 4.79 Å². The van der Waals surface area contributed by atoms with Gasteiger partial charge in [-0.05, 0) is 55.7 Å². The van der Waals surface area contributed by atoms with Crippen LogP contribution in [0.4, 0.5) is 10.5 Å². The summed E-state index contributed by atoms with van der Waals surface area (Å²) in [5, 5.41) is 12.9. The van der Waals surface area contributed by atoms with Gasteiger partial charge in [0.05, 0.1) is 0 Å². The number of urea groups is 1. The van der Waals surface area contributed by atoms with Crippen molar-refractivity contribution in [1.82, 2.24) is 16.0 Å². The van der Waals surface area contributed by atoms with Gasteiger partial charge in [-0.15, -0.1) is 0 Å². The highest BCUT2D eigenvalue weighted by molar-refractivity contribution is 6.30. The van der Waals surface area contributed by atoms with E-state index in [0.29, 0.717) is 6.54 Å². The Bertz CT molecular complexity index is 790. The number of rotatable bonds is 7. The standard InChI is InChI=1S/C21H28ClN5O/c1-15(2)26-21(28)27-19-9-7-17(8-10-19)14-25-20(23-3)24-12-11-16-5-4-6-18(22)13-16/h4-10,13,15H,11-12,14H2,1-3H3,(H2,23,24,25)(H2,26,27,28). The summed E-state index contributed by atoms with van der Waals surface area (Å²) in [6.07, 6.45) is 0.861. The average Bonchev–Trinajstić information content (AvgIpc) is 2.65. The van der Waals surface area contributed by atoms with Gasteiger partial charge in [0.1, 0.15) is 0 Å².